The number of aryl methyl sites for hydroxylation is 2. The number of fused-ring (bicyclic) bond motifs is 2. The van der Waals surface area contributed by atoms with Crippen molar-refractivity contribution in [3.05, 3.63) is 49.1 Å². The molecule has 3 aromatic rings. The first-order valence-corrected chi connectivity index (χ1v) is 10.1. The zero-order valence-corrected chi connectivity index (χ0v) is 16.3. The van der Waals surface area contributed by atoms with E-state index in [0.717, 1.165) is 22.6 Å². The van der Waals surface area contributed by atoms with Gasteiger partial charge in [-0.2, -0.15) is 5.21 Å². The van der Waals surface area contributed by atoms with Crippen molar-refractivity contribution in [1.29, 1.82) is 0 Å². The van der Waals surface area contributed by atoms with E-state index in [1.165, 1.54) is 27.3 Å². The van der Waals surface area contributed by atoms with Gasteiger partial charge in [-0.15, -0.1) is 32.9 Å². The summed E-state index contributed by atoms with van der Waals surface area (Å²) in [5.41, 5.74) is 7.98. The quantitative estimate of drug-likeness (QED) is 0.710. The number of aromatic amines is 1. The second-order valence-corrected chi connectivity index (χ2v) is 8.59. The van der Waals surface area contributed by atoms with Crippen molar-refractivity contribution in [3.63, 3.8) is 0 Å². The van der Waals surface area contributed by atoms with Crippen LogP contribution in [-0.4, -0.2) is 52.1 Å². The molecule has 1 unspecified atom stereocenters. The van der Waals surface area contributed by atoms with Crippen LogP contribution in [0.25, 0.3) is 0 Å². The van der Waals surface area contributed by atoms with Crippen LogP contribution >= 0.6 is 22.7 Å². The average Bonchev–Trinajstić information content (AvgIpc) is 3.37. The number of thiophene rings is 2. The molecule has 26 heavy (non-hydrogen) atoms. The van der Waals surface area contributed by atoms with E-state index in [1.54, 1.807) is 30.3 Å². The summed E-state index contributed by atoms with van der Waals surface area (Å²) in [6, 6.07) is 4.21. The number of tetrazole rings is 1. The fourth-order valence-corrected chi connectivity index (χ4v) is 6.39. The van der Waals surface area contributed by atoms with Gasteiger partial charge in [-0.1, -0.05) is 5.21 Å². The third-order valence-corrected chi connectivity index (χ3v) is 7.30. The SMILES string of the molecule is CN(C)C(=O)c1cc2c(s1)C(CCN)(c1nn[nH]n1)c1sccc1CC2. The van der Waals surface area contributed by atoms with Crippen LogP contribution in [0.1, 0.15) is 42.8 Å². The molecule has 0 spiro atoms. The summed E-state index contributed by atoms with van der Waals surface area (Å²) >= 11 is 3.24. The number of hydrogen-bond donors (Lipinski definition) is 2. The van der Waals surface area contributed by atoms with E-state index < -0.39 is 5.41 Å². The maximum absolute atomic E-state index is 12.6. The fraction of sp³-hybridized carbons (Fsp3) is 0.412. The van der Waals surface area contributed by atoms with Crippen molar-refractivity contribution in [3.8, 4) is 0 Å². The molecule has 0 radical (unpaired) electrons. The largest absolute Gasteiger partial charge is 0.344 e. The van der Waals surface area contributed by atoms with Gasteiger partial charge >= 0.3 is 0 Å². The van der Waals surface area contributed by atoms with Gasteiger partial charge in [-0.05, 0) is 54.4 Å². The Morgan fingerprint density at radius 3 is 2.85 bits per heavy atom. The van der Waals surface area contributed by atoms with E-state index in [4.69, 9.17) is 5.73 Å². The van der Waals surface area contributed by atoms with Crippen LogP contribution < -0.4 is 5.73 Å². The Balaban J connectivity index is 2.00. The molecular formula is C17H20N6OS2. The molecule has 1 aliphatic carbocycles. The molecule has 0 bridgehead atoms. The van der Waals surface area contributed by atoms with E-state index in [0.29, 0.717) is 18.8 Å². The lowest BCUT2D eigenvalue weighted by Crippen LogP contribution is -2.33. The fourth-order valence-electron chi connectivity index (χ4n) is 3.68. The van der Waals surface area contributed by atoms with E-state index in [-0.39, 0.29) is 5.91 Å². The first-order chi connectivity index (χ1) is 12.6. The minimum absolute atomic E-state index is 0.0178. The summed E-state index contributed by atoms with van der Waals surface area (Å²) in [6.07, 6.45) is 2.49. The van der Waals surface area contributed by atoms with Gasteiger partial charge in [-0.3, -0.25) is 4.79 Å². The third kappa shape index (κ3) is 2.50. The van der Waals surface area contributed by atoms with Gasteiger partial charge in [0, 0.05) is 23.8 Å². The van der Waals surface area contributed by atoms with Crippen molar-refractivity contribution >= 4 is 28.6 Å². The predicted octanol–water partition coefficient (Wildman–Crippen LogP) is 1.81. The second kappa shape index (κ2) is 6.57. The van der Waals surface area contributed by atoms with Crippen molar-refractivity contribution in [2.75, 3.05) is 20.6 Å². The Morgan fingerprint density at radius 2 is 2.15 bits per heavy atom. The number of rotatable bonds is 4. The van der Waals surface area contributed by atoms with Gasteiger partial charge < -0.3 is 10.6 Å². The maximum atomic E-state index is 12.6. The molecule has 3 heterocycles. The molecule has 1 amide bonds. The lowest BCUT2D eigenvalue weighted by molar-refractivity contribution is 0.0832. The summed E-state index contributed by atoms with van der Waals surface area (Å²) < 4.78 is 0. The van der Waals surface area contributed by atoms with Gasteiger partial charge in [0.2, 0.25) is 0 Å². The van der Waals surface area contributed by atoms with Crippen molar-refractivity contribution in [2.24, 2.45) is 5.73 Å². The molecule has 4 rings (SSSR count). The van der Waals surface area contributed by atoms with Crippen molar-refractivity contribution < 1.29 is 4.79 Å². The number of carbonyl (C=O) groups is 1. The second-order valence-electron chi connectivity index (χ2n) is 6.62. The van der Waals surface area contributed by atoms with Gasteiger partial charge in [-0.25, -0.2) is 0 Å². The summed E-state index contributed by atoms with van der Waals surface area (Å²) in [4.78, 5) is 17.3. The highest BCUT2D eigenvalue weighted by atomic mass is 32.1. The van der Waals surface area contributed by atoms with Crippen LogP contribution in [0.3, 0.4) is 0 Å². The molecule has 3 aromatic heterocycles. The van der Waals surface area contributed by atoms with Crippen LogP contribution in [0.15, 0.2) is 17.5 Å². The van der Waals surface area contributed by atoms with Crippen LogP contribution in [0.2, 0.25) is 0 Å². The maximum Gasteiger partial charge on any atom is 0.263 e. The van der Waals surface area contributed by atoms with E-state index in [9.17, 15) is 4.79 Å². The Kier molecular flexibility index (Phi) is 4.37. The summed E-state index contributed by atoms with van der Waals surface area (Å²) in [7, 11) is 3.55. The summed E-state index contributed by atoms with van der Waals surface area (Å²) in [6.45, 7) is 0.486. The topological polar surface area (TPSA) is 101 Å². The lowest BCUT2D eigenvalue weighted by atomic mass is 9.78. The molecule has 0 fully saturated rings. The molecule has 0 saturated carbocycles. The van der Waals surface area contributed by atoms with Gasteiger partial charge in [0.25, 0.3) is 5.91 Å². The van der Waals surface area contributed by atoms with Gasteiger partial charge in [0.1, 0.15) is 5.41 Å². The number of H-pyrrole nitrogens is 1. The molecule has 3 N–H and O–H groups in total. The predicted molar refractivity (Wildman–Crippen MR) is 102 cm³/mol. The lowest BCUT2D eigenvalue weighted by Gasteiger charge is -2.29. The number of nitrogens with one attached hydrogen (secondary N) is 1. The van der Waals surface area contributed by atoms with Crippen molar-refractivity contribution in [1.82, 2.24) is 25.5 Å². The zero-order chi connectivity index (χ0) is 18.3. The molecule has 0 saturated heterocycles. The number of amides is 1. The number of carbonyl (C=O) groups excluding carboxylic acids is 1. The minimum atomic E-state index is -0.549. The molecule has 0 aromatic carbocycles. The van der Waals surface area contributed by atoms with Crippen LogP contribution in [0.4, 0.5) is 0 Å². The average molecular weight is 389 g/mol. The van der Waals surface area contributed by atoms with Crippen LogP contribution in [-0.2, 0) is 18.3 Å². The van der Waals surface area contributed by atoms with E-state index in [1.807, 2.05) is 6.07 Å². The summed E-state index contributed by atoms with van der Waals surface area (Å²) in [5, 5.41) is 17.2. The van der Waals surface area contributed by atoms with E-state index in [2.05, 4.69) is 32.1 Å². The Morgan fingerprint density at radius 1 is 1.35 bits per heavy atom. The molecule has 1 atom stereocenters. The molecule has 7 nitrogen and oxygen atoms in total. The normalized spacial score (nSPS) is 18.9. The van der Waals surface area contributed by atoms with Crippen LogP contribution in [0.5, 0.6) is 0 Å². The molecule has 9 heteroatoms. The Hall–Kier alpha value is -2.10. The Bertz CT molecular complexity index is 929. The first kappa shape index (κ1) is 17.3. The van der Waals surface area contributed by atoms with Gasteiger partial charge in [0.05, 0.1) is 4.88 Å². The zero-order valence-electron chi connectivity index (χ0n) is 14.7. The van der Waals surface area contributed by atoms with Gasteiger partial charge in [0.15, 0.2) is 5.82 Å². The number of hydrogen-bond acceptors (Lipinski definition) is 7. The highest BCUT2D eigenvalue weighted by Gasteiger charge is 2.46. The third-order valence-electron chi connectivity index (χ3n) is 4.86. The first-order valence-electron chi connectivity index (χ1n) is 8.43. The smallest absolute Gasteiger partial charge is 0.263 e. The minimum Gasteiger partial charge on any atom is -0.344 e. The number of aromatic nitrogens is 4. The number of nitrogens with two attached hydrogens (primary N) is 1. The molecule has 1 aliphatic rings. The van der Waals surface area contributed by atoms with Crippen molar-refractivity contribution in [2.45, 2.75) is 24.7 Å². The van der Waals surface area contributed by atoms with Crippen LogP contribution in [0, 0.1) is 0 Å². The molecular weight excluding hydrogens is 368 g/mol. The highest BCUT2D eigenvalue weighted by molar-refractivity contribution is 7.15. The van der Waals surface area contributed by atoms with E-state index >= 15 is 0 Å². The molecule has 0 aliphatic heterocycles. The summed E-state index contributed by atoms with van der Waals surface area (Å²) in [5.74, 6) is 0.643. The monoisotopic (exact) mass is 388 g/mol. The number of nitrogens with zero attached hydrogens (tertiary/aromatic N) is 4. The Labute approximate surface area is 159 Å². The highest BCUT2D eigenvalue weighted by Crippen LogP contribution is 2.50. The molecule has 136 valence electrons. The standard InChI is InChI=1S/C17H20N6OS2/c1-23(2)15(24)12-9-11-4-3-10-5-8-25-13(10)17(6-7-18,14(11)26-12)16-19-21-22-20-16/h5,8-9H,3-4,6-7,18H2,1-2H3,(H,19,20,21,22).